The van der Waals surface area contributed by atoms with Gasteiger partial charge in [-0.1, -0.05) is 13.0 Å². The molecule has 0 aromatic rings. The molecule has 6 nitrogen and oxygen atoms in total. The number of nitrogens with zero attached hydrogens (tertiary/aromatic N) is 1. The lowest BCUT2D eigenvalue weighted by molar-refractivity contribution is -0.163. The third-order valence-corrected chi connectivity index (χ3v) is 5.21. The summed E-state index contributed by atoms with van der Waals surface area (Å²) in [5, 5.41) is 9.29. The molecule has 2 heterocycles. The topological polar surface area (TPSA) is 83.9 Å². The van der Waals surface area contributed by atoms with Gasteiger partial charge in [0.1, 0.15) is 6.04 Å². The van der Waals surface area contributed by atoms with Crippen molar-refractivity contribution in [2.24, 2.45) is 5.92 Å². The van der Waals surface area contributed by atoms with E-state index in [0.717, 1.165) is 5.75 Å². The zero-order chi connectivity index (χ0) is 15.6. The number of allylic oxidation sites excluding steroid dienone is 1. The van der Waals surface area contributed by atoms with Crippen LogP contribution in [0.25, 0.3) is 0 Å². The average Bonchev–Trinajstić information content (AvgIpc) is 2.79. The van der Waals surface area contributed by atoms with Gasteiger partial charge in [0.15, 0.2) is 0 Å². The molecule has 0 spiro atoms. The van der Waals surface area contributed by atoms with E-state index in [1.807, 2.05) is 6.92 Å². The molecule has 1 N–H and O–H groups in total. The molecule has 2 aliphatic heterocycles. The molecule has 4 atom stereocenters. The Morgan fingerprint density at radius 3 is 2.81 bits per heavy atom. The highest BCUT2D eigenvalue weighted by molar-refractivity contribution is 7.99. The molecular weight excluding hydrogens is 294 g/mol. The second-order valence-corrected chi connectivity index (χ2v) is 6.61. The smallest absolute Gasteiger partial charge is 0.330 e. The van der Waals surface area contributed by atoms with Crippen molar-refractivity contribution in [3.8, 4) is 0 Å². The SMILES string of the molecule is CCSC1CC2C(C/C=C/C(=O)OC)C(=O)N2C1C(=O)O. The van der Waals surface area contributed by atoms with Gasteiger partial charge in [-0.25, -0.2) is 9.59 Å². The minimum Gasteiger partial charge on any atom is -0.480 e. The minimum atomic E-state index is -0.930. The lowest BCUT2D eigenvalue weighted by atomic mass is 9.85. The number of fused-ring (bicyclic) bond motifs is 1. The first-order valence-corrected chi connectivity index (χ1v) is 7.97. The molecule has 0 bridgehead atoms. The quantitative estimate of drug-likeness (QED) is 0.446. The summed E-state index contributed by atoms with van der Waals surface area (Å²) in [4.78, 5) is 36.1. The molecule has 2 saturated heterocycles. The molecule has 1 amide bonds. The van der Waals surface area contributed by atoms with Crippen LogP contribution in [-0.2, 0) is 19.1 Å². The number of ether oxygens (including phenoxy) is 1. The summed E-state index contributed by atoms with van der Waals surface area (Å²) in [7, 11) is 1.30. The van der Waals surface area contributed by atoms with Crippen LogP contribution in [0.5, 0.6) is 0 Å². The maximum absolute atomic E-state index is 12.2. The van der Waals surface area contributed by atoms with E-state index in [1.54, 1.807) is 17.8 Å². The number of amides is 1. The molecule has 2 aliphatic rings. The highest BCUT2D eigenvalue weighted by atomic mass is 32.2. The summed E-state index contributed by atoms with van der Waals surface area (Å²) in [5.74, 6) is -0.889. The van der Waals surface area contributed by atoms with Gasteiger partial charge >= 0.3 is 11.9 Å². The number of β-lactam (4-membered cyclic amide) rings is 1. The van der Waals surface area contributed by atoms with E-state index in [2.05, 4.69) is 4.74 Å². The van der Waals surface area contributed by atoms with Gasteiger partial charge in [0.05, 0.1) is 13.0 Å². The van der Waals surface area contributed by atoms with Crippen LogP contribution in [0.3, 0.4) is 0 Å². The predicted molar refractivity (Wildman–Crippen MR) is 77.9 cm³/mol. The fraction of sp³-hybridized carbons (Fsp3) is 0.643. The zero-order valence-corrected chi connectivity index (χ0v) is 12.8. The molecule has 0 aromatic carbocycles. The summed E-state index contributed by atoms with van der Waals surface area (Å²) >= 11 is 1.59. The summed E-state index contributed by atoms with van der Waals surface area (Å²) in [6.45, 7) is 1.98. The zero-order valence-electron chi connectivity index (χ0n) is 12.0. The normalized spacial score (nSPS) is 31.1. The maximum Gasteiger partial charge on any atom is 0.330 e. The summed E-state index contributed by atoms with van der Waals surface area (Å²) < 4.78 is 4.49. The first-order valence-electron chi connectivity index (χ1n) is 6.92. The Morgan fingerprint density at radius 1 is 1.52 bits per heavy atom. The van der Waals surface area contributed by atoms with E-state index in [4.69, 9.17) is 0 Å². The van der Waals surface area contributed by atoms with Gasteiger partial charge in [-0.05, 0) is 18.6 Å². The van der Waals surface area contributed by atoms with Gasteiger partial charge in [0.25, 0.3) is 0 Å². The van der Waals surface area contributed by atoms with E-state index in [9.17, 15) is 19.5 Å². The Bertz CT molecular complexity index is 478. The van der Waals surface area contributed by atoms with Gasteiger partial charge in [0.2, 0.25) is 5.91 Å². The van der Waals surface area contributed by atoms with Gasteiger partial charge < -0.3 is 14.7 Å². The van der Waals surface area contributed by atoms with Crippen LogP contribution >= 0.6 is 11.8 Å². The van der Waals surface area contributed by atoms with Crippen LogP contribution < -0.4 is 0 Å². The maximum atomic E-state index is 12.2. The molecule has 0 radical (unpaired) electrons. The number of rotatable bonds is 6. The molecule has 0 aromatic heterocycles. The summed E-state index contributed by atoms with van der Waals surface area (Å²) in [6.07, 6.45) is 4.09. The Kier molecular flexibility index (Phi) is 4.92. The molecule has 2 rings (SSSR count). The number of methoxy groups -OCH3 is 1. The number of carboxylic acids is 1. The van der Waals surface area contributed by atoms with Crippen molar-refractivity contribution in [2.45, 2.75) is 37.1 Å². The monoisotopic (exact) mass is 313 g/mol. The van der Waals surface area contributed by atoms with E-state index in [-0.39, 0.29) is 23.1 Å². The second kappa shape index (κ2) is 6.51. The number of esters is 1. The summed E-state index contributed by atoms with van der Waals surface area (Å²) in [6, 6.07) is -0.738. The van der Waals surface area contributed by atoms with Gasteiger partial charge in [0, 0.05) is 17.4 Å². The van der Waals surface area contributed by atoms with Gasteiger partial charge in [-0.2, -0.15) is 11.8 Å². The number of carbonyl (C=O) groups is 3. The number of thioether (sulfide) groups is 1. The molecule has 2 fully saturated rings. The highest BCUT2D eigenvalue weighted by Gasteiger charge is 2.59. The molecule has 0 aliphatic carbocycles. The van der Waals surface area contributed by atoms with Gasteiger partial charge in [-0.15, -0.1) is 0 Å². The van der Waals surface area contributed by atoms with E-state index >= 15 is 0 Å². The third kappa shape index (κ3) is 2.92. The standard InChI is InChI=1S/C14H19NO5S/c1-3-21-10-7-9-8(5-4-6-11(16)20-2)13(17)15(9)12(10)14(18)19/h4,6,8-10,12H,3,5,7H2,1-2H3,(H,18,19)/b6-4+. The van der Waals surface area contributed by atoms with Crippen LogP contribution in [0.15, 0.2) is 12.2 Å². The lowest BCUT2D eigenvalue weighted by Gasteiger charge is -2.44. The van der Waals surface area contributed by atoms with Crippen molar-refractivity contribution in [3.63, 3.8) is 0 Å². The number of hydrogen-bond acceptors (Lipinski definition) is 5. The molecular formula is C14H19NO5S. The number of hydrogen-bond donors (Lipinski definition) is 1. The van der Waals surface area contributed by atoms with Crippen LogP contribution in [0, 0.1) is 5.92 Å². The fourth-order valence-corrected chi connectivity index (χ4v) is 4.28. The first-order chi connectivity index (χ1) is 10.0. The second-order valence-electron chi connectivity index (χ2n) is 5.09. The Hall–Kier alpha value is -1.50. The van der Waals surface area contributed by atoms with Crippen molar-refractivity contribution in [1.82, 2.24) is 4.90 Å². The first kappa shape index (κ1) is 15.9. The number of carboxylic acid groups (broad SMARTS) is 1. The lowest BCUT2D eigenvalue weighted by Crippen LogP contribution is -2.61. The van der Waals surface area contributed by atoms with E-state index in [1.165, 1.54) is 18.1 Å². The number of carbonyl (C=O) groups excluding carboxylic acids is 2. The van der Waals surface area contributed by atoms with Crippen molar-refractivity contribution in [2.75, 3.05) is 12.9 Å². The van der Waals surface area contributed by atoms with Crippen LogP contribution in [-0.4, -0.2) is 58.0 Å². The molecule has 0 saturated carbocycles. The average molecular weight is 313 g/mol. The molecule has 7 heteroatoms. The van der Waals surface area contributed by atoms with Crippen LogP contribution in [0.2, 0.25) is 0 Å². The highest BCUT2D eigenvalue weighted by Crippen LogP contribution is 2.45. The van der Waals surface area contributed by atoms with Crippen LogP contribution in [0.4, 0.5) is 0 Å². The molecule has 21 heavy (non-hydrogen) atoms. The van der Waals surface area contributed by atoms with Gasteiger partial charge in [-0.3, -0.25) is 4.79 Å². The fourth-order valence-electron chi connectivity index (χ4n) is 3.09. The number of aliphatic carboxylic acids is 1. The van der Waals surface area contributed by atoms with Crippen molar-refractivity contribution in [3.05, 3.63) is 12.2 Å². The molecule has 116 valence electrons. The van der Waals surface area contributed by atoms with E-state index in [0.29, 0.717) is 12.8 Å². The van der Waals surface area contributed by atoms with Crippen LogP contribution in [0.1, 0.15) is 19.8 Å². The Balaban J connectivity index is 2.02. The summed E-state index contributed by atoms with van der Waals surface area (Å²) in [5.41, 5.74) is 0. The predicted octanol–water partition coefficient (Wildman–Crippen LogP) is 0.911. The largest absolute Gasteiger partial charge is 0.480 e. The van der Waals surface area contributed by atoms with Crippen molar-refractivity contribution >= 4 is 29.6 Å². The Morgan fingerprint density at radius 2 is 2.24 bits per heavy atom. The van der Waals surface area contributed by atoms with Crippen molar-refractivity contribution in [1.29, 1.82) is 0 Å². The van der Waals surface area contributed by atoms with E-state index < -0.39 is 18.0 Å². The van der Waals surface area contributed by atoms with Crippen molar-refractivity contribution < 1.29 is 24.2 Å². The third-order valence-electron chi connectivity index (χ3n) is 4.00. The minimum absolute atomic E-state index is 0.0232. The molecule has 4 unspecified atom stereocenters. The Labute approximate surface area is 127 Å².